The zero-order valence-electron chi connectivity index (χ0n) is 16.3. The number of rotatable bonds is 8. The van der Waals surface area contributed by atoms with Gasteiger partial charge in [-0.05, 0) is 48.0 Å². The second kappa shape index (κ2) is 9.65. The first-order chi connectivity index (χ1) is 14.4. The third-order valence-electron chi connectivity index (χ3n) is 4.36. The first kappa shape index (κ1) is 21.7. The standard InChI is InChI=1S/C22H21ClN2O4S/c1-29-20-10-12-21(13-11-20)30(27,28)25(19-9-5-8-18(23)14-19)16-22(26)24-15-17-6-3-2-4-7-17/h2-14H,15-16H2,1H3,(H,24,26). The van der Waals surface area contributed by atoms with E-state index in [4.69, 9.17) is 16.3 Å². The molecule has 0 aliphatic heterocycles. The summed E-state index contributed by atoms with van der Waals surface area (Å²) >= 11 is 6.06. The van der Waals surface area contributed by atoms with E-state index in [1.165, 1.54) is 25.3 Å². The molecule has 0 heterocycles. The van der Waals surface area contributed by atoms with Gasteiger partial charge in [0, 0.05) is 11.6 Å². The number of methoxy groups -OCH3 is 1. The SMILES string of the molecule is COc1ccc(S(=O)(=O)N(CC(=O)NCc2ccccc2)c2cccc(Cl)c2)cc1. The van der Waals surface area contributed by atoms with E-state index in [2.05, 4.69) is 5.32 Å². The van der Waals surface area contributed by atoms with Crippen LogP contribution >= 0.6 is 11.6 Å². The molecule has 0 atom stereocenters. The third kappa shape index (κ3) is 5.31. The van der Waals surface area contributed by atoms with Crippen molar-refractivity contribution in [3.63, 3.8) is 0 Å². The summed E-state index contributed by atoms with van der Waals surface area (Å²) in [6, 6.07) is 21.7. The molecule has 156 valence electrons. The van der Waals surface area contributed by atoms with Gasteiger partial charge < -0.3 is 10.1 Å². The van der Waals surface area contributed by atoms with Crippen LogP contribution in [0.25, 0.3) is 0 Å². The average Bonchev–Trinajstić information content (AvgIpc) is 2.76. The van der Waals surface area contributed by atoms with Gasteiger partial charge in [0.05, 0.1) is 17.7 Å². The molecule has 0 saturated carbocycles. The van der Waals surface area contributed by atoms with Crippen LogP contribution < -0.4 is 14.4 Å². The second-order valence-corrected chi connectivity index (χ2v) is 8.73. The van der Waals surface area contributed by atoms with Crippen LogP contribution in [0.3, 0.4) is 0 Å². The van der Waals surface area contributed by atoms with E-state index in [0.717, 1.165) is 9.87 Å². The lowest BCUT2D eigenvalue weighted by atomic mass is 10.2. The maximum Gasteiger partial charge on any atom is 0.264 e. The minimum absolute atomic E-state index is 0.0409. The summed E-state index contributed by atoms with van der Waals surface area (Å²) in [6.45, 7) is -0.0901. The largest absolute Gasteiger partial charge is 0.497 e. The summed E-state index contributed by atoms with van der Waals surface area (Å²) in [5.41, 5.74) is 1.21. The van der Waals surface area contributed by atoms with Gasteiger partial charge in [-0.1, -0.05) is 48.0 Å². The lowest BCUT2D eigenvalue weighted by Gasteiger charge is -2.24. The van der Waals surface area contributed by atoms with Crippen molar-refractivity contribution in [2.24, 2.45) is 0 Å². The Bertz CT molecular complexity index is 1100. The number of nitrogens with zero attached hydrogens (tertiary/aromatic N) is 1. The van der Waals surface area contributed by atoms with E-state index >= 15 is 0 Å². The Kier molecular flexibility index (Phi) is 6.97. The van der Waals surface area contributed by atoms with Crippen molar-refractivity contribution in [1.29, 1.82) is 0 Å². The number of carbonyl (C=O) groups is 1. The molecule has 3 rings (SSSR count). The molecular formula is C22H21ClN2O4S. The molecule has 0 saturated heterocycles. The lowest BCUT2D eigenvalue weighted by Crippen LogP contribution is -2.40. The summed E-state index contributed by atoms with van der Waals surface area (Å²) in [6.07, 6.45) is 0. The summed E-state index contributed by atoms with van der Waals surface area (Å²) in [5, 5.41) is 3.13. The molecule has 0 aromatic heterocycles. The summed E-state index contributed by atoms with van der Waals surface area (Å²) in [7, 11) is -2.52. The highest BCUT2D eigenvalue weighted by Gasteiger charge is 2.27. The van der Waals surface area contributed by atoms with E-state index < -0.39 is 15.9 Å². The van der Waals surface area contributed by atoms with Gasteiger partial charge in [0.15, 0.2) is 0 Å². The number of halogens is 1. The number of anilines is 1. The van der Waals surface area contributed by atoms with Crippen LogP contribution in [-0.2, 0) is 21.4 Å². The maximum absolute atomic E-state index is 13.3. The normalized spacial score (nSPS) is 11.0. The van der Waals surface area contributed by atoms with E-state index in [1.807, 2.05) is 30.3 Å². The first-order valence-electron chi connectivity index (χ1n) is 9.13. The molecule has 8 heteroatoms. The molecule has 1 N–H and O–H groups in total. The van der Waals surface area contributed by atoms with Gasteiger partial charge in [-0.3, -0.25) is 9.10 Å². The van der Waals surface area contributed by atoms with Crippen LogP contribution in [0.5, 0.6) is 5.75 Å². The molecule has 0 bridgehead atoms. The Morgan fingerprint density at radius 1 is 1.00 bits per heavy atom. The van der Waals surface area contributed by atoms with Crippen LogP contribution in [0.1, 0.15) is 5.56 Å². The Morgan fingerprint density at radius 2 is 1.70 bits per heavy atom. The molecule has 6 nitrogen and oxygen atoms in total. The van der Waals surface area contributed by atoms with Gasteiger partial charge in [0.25, 0.3) is 10.0 Å². The van der Waals surface area contributed by atoms with E-state index in [0.29, 0.717) is 23.0 Å². The fourth-order valence-electron chi connectivity index (χ4n) is 2.80. The molecule has 0 aliphatic rings. The predicted octanol–water partition coefficient (Wildman–Crippen LogP) is 3.86. The Balaban J connectivity index is 1.87. The number of benzene rings is 3. The van der Waals surface area contributed by atoms with Gasteiger partial charge in [0.2, 0.25) is 5.91 Å². The zero-order chi connectivity index (χ0) is 21.6. The number of sulfonamides is 1. The number of nitrogens with one attached hydrogen (secondary N) is 1. The van der Waals surface area contributed by atoms with Crippen LogP contribution in [0.4, 0.5) is 5.69 Å². The van der Waals surface area contributed by atoms with Crippen LogP contribution in [-0.4, -0.2) is 28.0 Å². The predicted molar refractivity (Wildman–Crippen MR) is 117 cm³/mol. The lowest BCUT2D eigenvalue weighted by molar-refractivity contribution is -0.119. The van der Waals surface area contributed by atoms with Crippen LogP contribution in [0.15, 0.2) is 83.8 Å². The van der Waals surface area contributed by atoms with Crippen molar-refractivity contribution in [1.82, 2.24) is 5.32 Å². The smallest absolute Gasteiger partial charge is 0.264 e. The number of hydrogen-bond acceptors (Lipinski definition) is 4. The Labute approximate surface area is 181 Å². The zero-order valence-corrected chi connectivity index (χ0v) is 17.9. The maximum atomic E-state index is 13.3. The number of carbonyl (C=O) groups excluding carboxylic acids is 1. The highest BCUT2D eigenvalue weighted by atomic mass is 35.5. The second-order valence-electron chi connectivity index (χ2n) is 6.43. The molecule has 3 aromatic carbocycles. The minimum Gasteiger partial charge on any atom is -0.497 e. The number of hydrogen-bond donors (Lipinski definition) is 1. The van der Waals surface area contributed by atoms with Gasteiger partial charge in [-0.25, -0.2) is 8.42 Å². The van der Waals surface area contributed by atoms with Crippen LogP contribution in [0, 0.1) is 0 Å². The third-order valence-corrected chi connectivity index (χ3v) is 6.39. The molecule has 1 amide bonds. The summed E-state index contributed by atoms with van der Waals surface area (Å²) in [5.74, 6) is 0.0970. The summed E-state index contributed by atoms with van der Waals surface area (Å²) < 4.78 is 32.8. The molecule has 30 heavy (non-hydrogen) atoms. The highest BCUT2D eigenvalue weighted by molar-refractivity contribution is 7.92. The van der Waals surface area contributed by atoms with E-state index in [9.17, 15) is 13.2 Å². The molecule has 0 spiro atoms. The van der Waals surface area contributed by atoms with Crippen molar-refractivity contribution in [2.75, 3.05) is 18.0 Å². The van der Waals surface area contributed by atoms with Gasteiger partial charge in [-0.15, -0.1) is 0 Å². The van der Waals surface area contributed by atoms with E-state index in [1.54, 1.807) is 30.3 Å². The minimum atomic E-state index is -4.02. The van der Waals surface area contributed by atoms with Gasteiger partial charge in [0.1, 0.15) is 12.3 Å². The molecular weight excluding hydrogens is 424 g/mol. The topological polar surface area (TPSA) is 75.7 Å². The monoisotopic (exact) mass is 444 g/mol. The number of amides is 1. The number of ether oxygens (including phenoxy) is 1. The van der Waals surface area contributed by atoms with Crippen LogP contribution in [0.2, 0.25) is 5.02 Å². The van der Waals surface area contributed by atoms with Crippen molar-refractivity contribution in [3.8, 4) is 5.75 Å². The molecule has 0 unspecified atom stereocenters. The van der Waals surface area contributed by atoms with Gasteiger partial charge >= 0.3 is 0 Å². The van der Waals surface area contributed by atoms with Crippen molar-refractivity contribution >= 4 is 33.2 Å². The molecule has 3 aromatic rings. The quantitative estimate of drug-likeness (QED) is 0.572. The van der Waals surface area contributed by atoms with Crippen molar-refractivity contribution < 1.29 is 17.9 Å². The summed E-state index contributed by atoms with van der Waals surface area (Å²) in [4.78, 5) is 12.6. The van der Waals surface area contributed by atoms with Crippen molar-refractivity contribution in [3.05, 3.63) is 89.4 Å². The fourth-order valence-corrected chi connectivity index (χ4v) is 4.40. The Hall–Kier alpha value is -3.03. The van der Waals surface area contributed by atoms with Gasteiger partial charge in [-0.2, -0.15) is 0 Å². The fraction of sp³-hybridized carbons (Fsp3) is 0.136. The molecule has 0 fully saturated rings. The Morgan fingerprint density at radius 3 is 2.33 bits per heavy atom. The van der Waals surface area contributed by atoms with E-state index in [-0.39, 0.29) is 11.4 Å². The molecule has 0 aliphatic carbocycles. The highest BCUT2D eigenvalue weighted by Crippen LogP contribution is 2.27. The molecule has 0 radical (unpaired) electrons. The van der Waals surface area contributed by atoms with Crippen molar-refractivity contribution in [2.45, 2.75) is 11.4 Å². The average molecular weight is 445 g/mol. The first-order valence-corrected chi connectivity index (χ1v) is 10.9.